The second-order valence-electron chi connectivity index (χ2n) is 8.49. The fraction of sp³-hybridized carbons (Fsp3) is 0.500. The van der Waals surface area contributed by atoms with E-state index in [-0.39, 0.29) is 5.69 Å². The number of carbonyl (C=O) groups is 1. The van der Waals surface area contributed by atoms with Gasteiger partial charge in [0.2, 0.25) is 0 Å². The third-order valence-corrected chi connectivity index (χ3v) is 6.45. The van der Waals surface area contributed by atoms with Crippen molar-refractivity contribution in [3.63, 3.8) is 0 Å². The van der Waals surface area contributed by atoms with E-state index in [1.54, 1.807) is 4.90 Å². The summed E-state index contributed by atoms with van der Waals surface area (Å²) in [6, 6.07) is 8.55. The lowest BCUT2D eigenvalue weighted by atomic mass is 9.93. The molecule has 1 aromatic heterocycles. The number of nitrogens with zero attached hydrogens (tertiary/aromatic N) is 2. The zero-order valence-electron chi connectivity index (χ0n) is 16.7. The Labute approximate surface area is 171 Å². The van der Waals surface area contributed by atoms with Crippen LogP contribution in [0.5, 0.6) is 0 Å². The first kappa shape index (κ1) is 20.0. The van der Waals surface area contributed by atoms with E-state index in [2.05, 4.69) is 4.98 Å². The predicted molar refractivity (Wildman–Crippen MR) is 111 cm³/mol. The normalized spacial score (nSPS) is 18.3. The maximum absolute atomic E-state index is 14.9. The summed E-state index contributed by atoms with van der Waals surface area (Å²) in [5, 5.41) is 0. The molecule has 1 saturated carbocycles. The van der Waals surface area contributed by atoms with Crippen LogP contribution in [-0.2, 0) is 11.2 Å². The molecule has 3 nitrogen and oxygen atoms in total. The number of rotatable bonds is 6. The van der Waals surface area contributed by atoms with Gasteiger partial charge in [0, 0.05) is 30.8 Å². The third-order valence-electron chi connectivity index (χ3n) is 6.45. The third kappa shape index (κ3) is 4.65. The van der Waals surface area contributed by atoms with E-state index < -0.39 is 11.6 Å². The van der Waals surface area contributed by atoms with Crippen molar-refractivity contribution in [3.05, 3.63) is 47.7 Å². The van der Waals surface area contributed by atoms with E-state index in [0.29, 0.717) is 42.6 Å². The fourth-order valence-electron chi connectivity index (χ4n) is 4.81. The van der Waals surface area contributed by atoms with E-state index in [4.69, 9.17) is 0 Å². The number of anilines is 1. The number of hydrogen-bond donors (Lipinski definition) is 0. The number of pyridine rings is 1. The topological polar surface area (TPSA) is 33.2 Å². The Kier molecular flexibility index (Phi) is 6.22. The van der Waals surface area contributed by atoms with Gasteiger partial charge in [0.05, 0.1) is 5.69 Å². The number of halogens is 2. The Morgan fingerprint density at radius 2 is 1.69 bits per heavy atom. The van der Waals surface area contributed by atoms with Gasteiger partial charge in [-0.15, -0.1) is 0 Å². The molecule has 1 aliphatic heterocycles. The standard InChI is InChI=1S/C24H28F2N2O/c25-21-15-19(23-7-3-6-20(27-23)14-18-4-1-2-5-18)16-22(26)24(21)28-11-8-17(9-12-28)10-13-29/h3,6-7,13,15-18H,1-2,4-5,8-12,14H2. The molecule has 2 aromatic rings. The summed E-state index contributed by atoms with van der Waals surface area (Å²) in [4.78, 5) is 17.1. The summed E-state index contributed by atoms with van der Waals surface area (Å²) < 4.78 is 29.8. The highest BCUT2D eigenvalue weighted by molar-refractivity contribution is 5.65. The molecule has 0 N–H and O–H groups in total. The van der Waals surface area contributed by atoms with Crippen molar-refractivity contribution in [3.8, 4) is 11.3 Å². The minimum absolute atomic E-state index is 0.0420. The SMILES string of the molecule is O=CCC1CCN(c2c(F)cc(-c3cccc(CC4CCCC4)n3)cc2F)CC1. The molecule has 4 rings (SSSR count). The van der Waals surface area contributed by atoms with Gasteiger partial charge in [-0.1, -0.05) is 31.7 Å². The Morgan fingerprint density at radius 1 is 1.00 bits per heavy atom. The molecule has 1 aliphatic carbocycles. The molecule has 29 heavy (non-hydrogen) atoms. The van der Waals surface area contributed by atoms with Crippen molar-refractivity contribution in [1.29, 1.82) is 0 Å². The van der Waals surface area contributed by atoms with Crippen molar-refractivity contribution < 1.29 is 13.6 Å². The summed E-state index contributed by atoms with van der Waals surface area (Å²) in [5.74, 6) is -0.0923. The Morgan fingerprint density at radius 3 is 2.34 bits per heavy atom. The molecule has 5 heteroatoms. The zero-order valence-corrected chi connectivity index (χ0v) is 16.7. The van der Waals surface area contributed by atoms with Crippen molar-refractivity contribution in [1.82, 2.24) is 4.98 Å². The highest BCUT2D eigenvalue weighted by atomic mass is 19.1. The van der Waals surface area contributed by atoms with Crippen LogP contribution in [0.3, 0.4) is 0 Å². The van der Waals surface area contributed by atoms with Crippen LogP contribution in [0.2, 0.25) is 0 Å². The first-order valence-electron chi connectivity index (χ1n) is 10.8. The summed E-state index contributed by atoms with van der Waals surface area (Å²) in [5.41, 5.74) is 2.14. The quantitative estimate of drug-likeness (QED) is 0.597. The molecule has 0 atom stereocenters. The number of piperidine rings is 1. The molecule has 0 unspecified atom stereocenters. The van der Waals surface area contributed by atoms with E-state index in [1.165, 1.54) is 37.8 Å². The van der Waals surface area contributed by atoms with E-state index in [1.807, 2.05) is 18.2 Å². The van der Waals surface area contributed by atoms with Crippen LogP contribution in [0.4, 0.5) is 14.5 Å². The molecule has 0 amide bonds. The average Bonchev–Trinajstić information content (AvgIpc) is 3.22. The van der Waals surface area contributed by atoms with Crippen molar-refractivity contribution in [2.75, 3.05) is 18.0 Å². The first-order chi connectivity index (χ1) is 14.1. The van der Waals surface area contributed by atoms with E-state index in [9.17, 15) is 13.6 Å². The number of hydrogen-bond acceptors (Lipinski definition) is 3. The van der Waals surface area contributed by atoms with E-state index >= 15 is 0 Å². The smallest absolute Gasteiger partial charge is 0.150 e. The Bertz CT molecular complexity index is 833. The summed E-state index contributed by atoms with van der Waals surface area (Å²) >= 11 is 0. The maximum Gasteiger partial charge on any atom is 0.150 e. The number of aldehydes is 1. The minimum Gasteiger partial charge on any atom is -0.367 e. The molecule has 154 valence electrons. The minimum atomic E-state index is -0.545. The summed E-state index contributed by atoms with van der Waals surface area (Å²) in [7, 11) is 0. The molecular formula is C24H28F2N2O. The molecule has 2 fully saturated rings. The largest absolute Gasteiger partial charge is 0.367 e. The van der Waals surface area contributed by atoms with Gasteiger partial charge in [0.1, 0.15) is 23.6 Å². The average molecular weight is 398 g/mol. The number of aromatic nitrogens is 1. The van der Waals surface area contributed by atoms with E-state index in [0.717, 1.165) is 31.2 Å². The second-order valence-corrected chi connectivity index (χ2v) is 8.49. The Hall–Kier alpha value is -2.30. The Balaban J connectivity index is 1.52. The van der Waals surface area contributed by atoms with Crippen LogP contribution in [0.15, 0.2) is 30.3 Å². The van der Waals surface area contributed by atoms with Gasteiger partial charge in [-0.2, -0.15) is 0 Å². The molecule has 0 spiro atoms. The highest BCUT2D eigenvalue weighted by Crippen LogP contribution is 2.33. The van der Waals surface area contributed by atoms with Gasteiger partial charge in [-0.3, -0.25) is 4.98 Å². The van der Waals surface area contributed by atoms with Gasteiger partial charge < -0.3 is 9.69 Å². The number of carbonyl (C=O) groups excluding carboxylic acids is 1. The van der Waals surface area contributed by atoms with Gasteiger partial charge in [0.15, 0.2) is 0 Å². The van der Waals surface area contributed by atoms with Crippen LogP contribution in [0.25, 0.3) is 11.3 Å². The molecule has 2 heterocycles. The van der Waals surface area contributed by atoms with Crippen molar-refractivity contribution in [2.45, 2.75) is 51.4 Å². The van der Waals surface area contributed by atoms with Crippen LogP contribution in [0.1, 0.15) is 50.6 Å². The molecule has 2 aliphatic rings. The molecule has 0 bridgehead atoms. The lowest BCUT2D eigenvalue weighted by Gasteiger charge is -2.33. The summed E-state index contributed by atoms with van der Waals surface area (Å²) in [6.45, 7) is 1.14. The fourth-order valence-corrected chi connectivity index (χ4v) is 4.81. The van der Waals surface area contributed by atoms with Crippen molar-refractivity contribution >= 4 is 12.0 Å². The molecule has 0 radical (unpaired) electrons. The molecule has 1 aromatic carbocycles. The highest BCUT2D eigenvalue weighted by Gasteiger charge is 2.24. The molecular weight excluding hydrogens is 370 g/mol. The van der Waals surface area contributed by atoms with Gasteiger partial charge >= 0.3 is 0 Å². The van der Waals surface area contributed by atoms with Crippen molar-refractivity contribution in [2.24, 2.45) is 11.8 Å². The monoisotopic (exact) mass is 398 g/mol. The number of benzene rings is 1. The van der Waals surface area contributed by atoms with Gasteiger partial charge in [0.25, 0.3) is 0 Å². The van der Waals surface area contributed by atoms with Crippen LogP contribution < -0.4 is 4.90 Å². The maximum atomic E-state index is 14.9. The van der Waals surface area contributed by atoms with Crippen LogP contribution >= 0.6 is 0 Å². The predicted octanol–water partition coefficient (Wildman–Crippen LogP) is 5.56. The van der Waals surface area contributed by atoms with Gasteiger partial charge in [-0.05, 0) is 55.4 Å². The van der Waals surface area contributed by atoms with Crippen LogP contribution in [-0.4, -0.2) is 24.4 Å². The zero-order chi connectivity index (χ0) is 20.2. The lowest BCUT2D eigenvalue weighted by Crippen LogP contribution is -2.35. The first-order valence-corrected chi connectivity index (χ1v) is 10.8. The van der Waals surface area contributed by atoms with Crippen LogP contribution in [0, 0.1) is 23.5 Å². The van der Waals surface area contributed by atoms with Gasteiger partial charge in [-0.25, -0.2) is 8.78 Å². The second kappa shape index (κ2) is 9.02. The molecule has 1 saturated heterocycles. The lowest BCUT2D eigenvalue weighted by molar-refractivity contribution is -0.108. The summed E-state index contributed by atoms with van der Waals surface area (Å²) in [6.07, 6.45) is 9.02.